The van der Waals surface area contributed by atoms with Gasteiger partial charge in [-0.3, -0.25) is 0 Å². The van der Waals surface area contributed by atoms with Crippen molar-refractivity contribution in [2.45, 2.75) is 32.6 Å². The monoisotopic (exact) mass is 164 g/mol. The molecule has 0 heterocycles. The van der Waals surface area contributed by atoms with Gasteiger partial charge >= 0.3 is 0 Å². The van der Waals surface area contributed by atoms with Crippen LogP contribution < -0.4 is 0 Å². The van der Waals surface area contributed by atoms with Crippen LogP contribution in [0.3, 0.4) is 0 Å². The maximum Gasteiger partial charge on any atom is 0.0961 e. The molecule has 0 N–H and O–H groups in total. The quantitative estimate of drug-likeness (QED) is 0.578. The summed E-state index contributed by atoms with van der Waals surface area (Å²) in [5.74, 6) is 1.94. The Labute approximate surface area is 74.1 Å². The second-order valence-electron chi connectivity index (χ2n) is 3.81. The van der Waals surface area contributed by atoms with Gasteiger partial charge in [0.05, 0.1) is 12.9 Å². The summed E-state index contributed by atoms with van der Waals surface area (Å²) >= 11 is 0. The minimum Gasteiger partial charge on any atom is -0.501 e. The van der Waals surface area contributed by atoms with E-state index in [4.69, 9.17) is 4.74 Å². The van der Waals surface area contributed by atoms with Crippen molar-refractivity contribution in [3.05, 3.63) is 23.0 Å². The first-order valence-corrected chi connectivity index (χ1v) is 4.77. The third kappa shape index (κ3) is 1.17. The molecule has 0 fully saturated rings. The lowest BCUT2D eigenvalue weighted by atomic mass is 9.95. The first-order chi connectivity index (χ1) is 5.81. The average molecular weight is 164 g/mol. The lowest BCUT2D eigenvalue weighted by Gasteiger charge is -2.15. The molecule has 0 aromatic carbocycles. The Morgan fingerprint density at radius 2 is 2.17 bits per heavy atom. The molecule has 1 heteroatoms. The van der Waals surface area contributed by atoms with Crippen molar-refractivity contribution < 1.29 is 4.74 Å². The highest BCUT2D eigenvalue weighted by Crippen LogP contribution is 2.39. The van der Waals surface area contributed by atoms with Gasteiger partial charge in [0.15, 0.2) is 0 Å². The molecule has 1 atom stereocenters. The highest BCUT2D eigenvalue weighted by Gasteiger charge is 2.23. The van der Waals surface area contributed by atoms with Crippen molar-refractivity contribution in [1.29, 1.82) is 0 Å². The molecular formula is C11H16O. The van der Waals surface area contributed by atoms with E-state index in [-0.39, 0.29) is 0 Å². The first kappa shape index (κ1) is 7.90. The van der Waals surface area contributed by atoms with Gasteiger partial charge in [0.25, 0.3) is 0 Å². The van der Waals surface area contributed by atoms with E-state index in [1.165, 1.54) is 25.0 Å². The zero-order valence-electron chi connectivity index (χ0n) is 7.89. The van der Waals surface area contributed by atoms with E-state index in [2.05, 4.69) is 13.0 Å². The molecule has 2 rings (SSSR count). The molecule has 0 aliphatic heterocycles. The second kappa shape index (κ2) is 2.96. The Morgan fingerprint density at radius 1 is 1.33 bits per heavy atom. The molecule has 0 aromatic rings. The molecular weight excluding hydrogens is 148 g/mol. The van der Waals surface area contributed by atoms with E-state index >= 15 is 0 Å². The number of hydrogen-bond acceptors (Lipinski definition) is 1. The third-order valence-corrected chi connectivity index (χ3v) is 3.07. The summed E-state index contributed by atoms with van der Waals surface area (Å²) in [6, 6.07) is 0. The summed E-state index contributed by atoms with van der Waals surface area (Å²) < 4.78 is 5.27. The van der Waals surface area contributed by atoms with Crippen LogP contribution in [0.2, 0.25) is 0 Å². The Balaban J connectivity index is 2.25. The summed E-state index contributed by atoms with van der Waals surface area (Å²) in [6.45, 7) is 2.32. The first-order valence-electron chi connectivity index (χ1n) is 4.77. The van der Waals surface area contributed by atoms with Crippen molar-refractivity contribution >= 4 is 0 Å². The van der Waals surface area contributed by atoms with Crippen LogP contribution in [0.15, 0.2) is 23.0 Å². The van der Waals surface area contributed by atoms with Gasteiger partial charge in [0.2, 0.25) is 0 Å². The summed E-state index contributed by atoms with van der Waals surface area (Å²) in [5.41, 5.74) is 3.25. The Morgan fingerprint density at radius 3 is 2.92 bits per heavy atom. The molecule has 0 aromatic heterocycles. The zero-order valence-corrected chi connectivity index (χ0v) is 7.89. The summed E-state index contributed by atoms with van der Waals surface area (Å²) in [4.78, 5) is 0. The molecule has 0 bridgehead atoms. The summed E-state index contributed by atoms with van der Waals surface area (Å²) in [5, 5.41) is 0. The normalized spacial score (nSPS) is 28.5. The van der Waals surface area contributed by atoms with Crippen LogP contribution in [0.5, 0.6) is 0 Å². The molecule has 0 radical (unpaired) electrons. The van der Waals surface area contributed by atoms with Gasteiger partial charge in [-0.2, -0.15) is 0 Å². The van der Waals surface area contributed by atoms with Crippen LogP contribution in [0.25, 0.3) is 0 Å². The Hall–Kier alpha value is -0.720. The average Bonchev–Trinajstić information content (AvgIpc) is 2.47. The van der Waals surface area contributed by atoms with Crippen LogP contribution in [-0.2, 0) is 4.74 Å². The molecule has 66 valence electrons. The maximum atomic E-state index is 5.27. The standard InChI is InChI=1S/C11H16O/c1-8-3-4-9-5-6-10(12-2)7-11(8)9/h7-8H,3-6H2,1-2H3. The Kier molecular flexibility index (Phi) is 1.95. The molecule has 0 saturated carbocycles. The molecule has 1 nitrogen and oxygen atoms in total. The van der Waals surface area contributed by atoms with E-state index in [0.717, 1.165) is 12.3 Å². The van der Waals surface area contributed by atoms with Crippen molar-refractivity contribution in [3.63, 3.8) is 0 Å². The molecule has 12 heavy (non-hydrogen) atoms. The van der Waals surface area contributed by atoms with Crippen molar-refractivity contribution in [2.24, 2.45) is 5.92 Å². The molecule has 0 spiro atoms. The largest absolute Gasteiger partial charge is 0.501 e. The molecule has 1 unspecified atom stereocenters. The van der Waals surface area contributed by atoms with Crippen LogP contribution >= 0.6 is 0 Å². The van der Waals surface area contributed by atoms with Crippen LogP contribution in [0, 0.1) is 5.92 Å². The second-order valence-corrected chi connectivity index (χ2v) is 3.81. The number of hydrogen-bond donors (Lipinski definition) is 0. The predicted molar refractivity (Wildman–Crippen MR) is 49.8 cm³/mol. The topological polar surface area (TPSA) is 9.23 Å². The lowest BCUT2D eigenvalue weighted by molar-refractivity contribution is 0.274. The smallest absolute Gasteiger partial charge is 0.0961 e. The zero-order chi connectivity index (χ0) is 8.55. The maximum absolute atomic E-state index is 5.27. The molecule has 0 saturated heterocycles. The van der Waals surface area contributed by atoms with Crippen LogP contribution in [0.1, 0.15) is 32.6 Å². The summed E-state index contributed by atoms with van der Waals surface area (Å²) in [6.07, 6.45) is 7.28. The number of ether oxygens (including phenoxy) is 1. The Bertz CT molecular complexity index is 248. The highest BCUT2D eigenvalue weighted by molar-refractivity contribution is 5.36. The van der Waals surface area contributed by atoms with Crippen LogP contribution in [-0.4, -0.2) is 7.11 Å². The fraction of sp³-hybridized carbons (Fsp3) is 0.636. The third-order valence-electron chi connectivity index (χ3n) is 3.07. The van der Waals surface area contributed by atoms with E-state index in [0.29, 0.717) is 0 Å². The predicted octanol–water partition coefficient (Wildman–Crippen LogP) is 3.04. The summed E-state index contributed by atoms with van der Waals surface area (Å²) in [7, 11) is 1.77. The van der Waals surface area contributed by atoms with Gasteiger partial charge < -0.3 is 4.74 Å². The minimum atomic E-state index is 0.769. The van der Waals surface area contributed by atoms with Gasteiger partial charge in [0.1, 0.15) is 0 Å². The van der Waals surface area contributed by atoms with Crippen LogP contribution in [0.4, 0.5) is 0 Å². The minimum absolute atomic E-state index is 0.769. The van der Waals surface area contributed by atoms with Gasteiger partial charge in [-0.15, -0.1) is 0 Å². The number of rotatable bonds is 1. The fourth-order valence-electron chi connectivity index (χ4n) is 2.23. The highest BCUT2D eigenvalue weighted by atomic mass is 16.5. The SMILES string of the molecule is COC1=CC2=C(CC1)CCC2C. The number of methoxy groups -OCH3 is 1. The molecule has 2 aliphatic rings. The van der Waals surface area contributed by atoms with E-state index in [9.17, 15) is 0 Å². The van der Waals surface area contributed by atoms with Gasteiger partial charge in [-0.1, -0.05) is 12.5 Å². The lowest BCUT2D eigenvalue weighted by Crippen LogP contribution is -1.99. The molecule has 2 aliphatic carbocycles. The number of allylic oxidation sites excluding steroid dienone is 4. The van der Waals surface area contributed by atoms with Gasteiger partial charge in [-0.25, -0.2) is 0 Å². The van der Waals surface area contributed by atoms with Crippen molar-refractivity contribution in [1.82, 2.24) is 0 Å². The van der Waals surface area contributed by atoms with E-state index in [1.807, 2.05) is 0 Å². The van der Waals surface area contributed by atoms with Gasteiger partial charge in [0, 0.05) is 6.42 Å². The fourth-order valence-corrected chi connectivity index (χ4v) is 2.23. The van der Waals surface area contributed by atoms with E-state index < -0.39 is 0 Å². The van der Waals surface area contributed by atoms with Gasteiger partial charge in [-0.05, 0) is 36.8 Å². The van der Waals surface area contributed by atoms with Crippen molar-refractivity contribution in [3.8, 4) is 0 Å². The molecule has 0 amide bonds. The van der Waals surface area contributed by atoms with E-state index in [1.54, 1.807) is 18.3 Å². The van der Waals surface area contributed by atoms with Crippen molar-refractivity contribution in [2.75, 3.05) is 7.11 Å².